The van der Waals surface area contributed by atoms with Gasteiger partial charge in [-0.15, -0.1) is 4.68 Å². The van der Waals surface area contributed by atoms with Crippen LogP contribution in [0.1, 0.15) is 54.9 Å². The van der Waals surface area contributed by atoms with Gasteiger partial charge >= 0.3 is 5.49 Å². The Hall–Kier alpha value is -3.04. The van der Waals surface area contributed by atoms with Gasteiger partial charge in [0, 0.05) is 29.3 Å². The quantitative estimate of drug-likeness (QED) is 0.457. The van der Waals surface area contributed by atoms with Gasteiger partial charge < -0.3 is 4.90 Å². The number of H-pyrrole nitrogens is 1. The largest absolute Gasteiger partial charge is 0.428 e. The number of nitrogens with zero attached hydrogens (tertiary/aromatic N) is 6. The lowest BCUT2D eigenvalue weighted by molar-refractivity contribution is -0.142. The second kappa shape index (κ2) is 9.31. The fourth-order valence-corrected chi connectivity index (χ4v) is 5.00. The van der Waals surface area contributed by atoms with Crippen LogP contribution in [0.2, 0.25) is 0 Å². The van der Waals surface area contributed by atoms with Gasteiger partial charge in [-0.2, -0.15) is 5.10 Å². The van der Waals surface area contributed by atoms with Gasteiger partial charge in [-0.1, -0.05) is 4.79 Å². The molecule has 1 aliphatic rings. The third kappa shape index (κ3) is 5.71. The van der Waals surface area contributed by atoms with Crippen LogP contribution in [0.25, 0.3) is 0 Å². The molecule has 10 nitrogen and oxygen atoms in total. The van der Waals surface area contributed by atoms with E-state index in [1.54, 1.807) is 16.8 Å². The summed E-state index contributed by atoms with van der Waals surface area (Å²) in [6, 6.07) is 7.94. The monoisotopic (exact) mass is 489 g/mol. The maximum absolute atomic E-state index is 12.1. The smallest absolute Gasteiger partial charge is 0.351 e. The first-order valence-electron chi connectivity index (χ1n) is 11.4. The summed E-state index contributed by atoms with van der Waals surface area (Å²) in [5.74, 6) is 0.941. The molecule has 2 N–H and O–H groups in total. The third-order valence-electron chi connectivity index (χ3n) is 5.60. The van der Waals surface area contributed by atoms with E-state index in [0.717, 1.165) is 29.9 Å². The van der Waals surface area contributed by atoms with Gasteiger partial charge in [-0.25, -0.2) is 13.5 Å². The molecule has 0 fully saturated rings. The Morgan fingerprint density at radius 1 is 1.21 bits per heavy atom. The minimum absolute atomic E-state index is 0.205. The molecule has 0 saturated heterocycles. The molecule has 34 heavy (non-hydrogen) atoms. The van der Waals surface area contributed by atoms with E-state index in [9.17, 15) is 8.42 Å². The van der Waals surface area contributed by atoms with Crippen LogP contribution in [0.5, 0.6) is 0 Å². The van der Waals surface area contributed by atoms with E-state index in [4.69, 9.17) is 0 Å². The molecule has 186 valence electrons. The second-order valence-electron chi connectivity index (χ2n) is 10.1. The molecule has 0 atom stereocenters. The SMILES string of the molecule is CC1=NN(c2ccc(N=[N+]=c3cc(N(C(C)C)C(C)C)[nH]n3C)c(NS(C)(=O)=O)c2)C(C)(C)C1. The number of sulfonamides is 1. The second-order valence-corrected chi connectivity index (χ2v) is 11.8. The Morgan fingerprint density at radius 3 is 2.38 bits per heavy atom. The van der Waals surface area contributed by atoms with E-state index < -0.39 is 10.0 Å². The van der Waals surface area contributed by atoms with Crippen LogP contribution in [-0.2, 0) is 17.1 Å². The molecule has 11 heteroatoms. The Balaban J connectivity index is 2.09. The van der Waals surface area contributed by atoms with Crippen molar-refractivity contribution in [3.63, 3.8) is 0 Å². The fourth-order valence-electron chi connectivity index (χ4n) is 4.44. The van der Waals surface area contributed by atoms with Crippen LogP contribution < -0.4 is 20.1 Å². The Bertz CT molecular complexity index is 1290. The van der Waals surface area contributed by atoms with Gasteiger partial charge in [-0.05, 0) is 66.7 Å². The van der Waals surface area contributed by atoms with Gasteiger partial charge in [0.2, 0.25) is 10.0 Å². The van der Waals surface area contributed by atoms with Crippen LogP contribution in [0.15, 0.2) is 34.5 Å². The van der Waals surface area contributed by atoms with Crippen LogP contribution >= 0.6 is 0 Å². The number of hydrogen-bond acceptors (Lipinski definition) is 6. The van der Waals surface area contributed by atoms with Crippen LogP contribution in [-0.4, -0.2) is 52.6 Å². The molecule has 2 aromatic rings. The van der Waals surface area contributed by atoms with Crippen molar-refractivity contribution in [1.82, 2.24) is 9.78 Å². The van der Waals surface area contributed by atoms with Crippen LogP contribution in [0.4, 0.5) is 22.9 Å². The predicted molar refractivity (Wildman–Crippen MR) is 137 cm³/mol. The van der Waals surface area contributed by atoms with Gasteiger partial charge in [0.25, 0.3) is 0 Å². The molecule has 0 amide bonds. The normalized spacial score (nSPS) is 15.5. The molecular weight excluding hydrogens is 452 g/mol. The molecule has 2 heterocycles. The van der Waals surface area contributed by atoms with E-state index in [0.29, 0.717) is 28.9 Å². The van der Waals surface area contributed by atoms with Crippen LogP contribution in [0.3, 0.4) is 0 Å². The van der Waals surface area contributed by atoms with Crippen LogP contribution in [0, 0.1) is 0 Å². The number of anilines is 3. The first-order valence-corrected chi connectivity index (χ1v) is 13.3. The third-order valence-corrected chi connectivity index (χ3v) is 6.19. The highest BCUT2D eigenvalue weighted by Gasteiger charge is 2.33. The standard InChI is InChI=1S/C23H36N8O2S/c1-15(2)30(16(3)4)22-13-21(29(8)27-22)25-24-19-11-10-18(12-20(19)28-34(9,32)33)31-23(6,7)14-17(5)26-31/h10-13,15-16H,14H2,1-9H3,(H,25,27,28)/p+1. The lowest BCUT2D eigenvalue weighted by Crippen LogP contribution is -2.37. The molecular formula is C23H37N8O2S+. The van der Waals surface area contributed by atoms with Crippen molar-refractivity contribution in [1.29, 1.82) is 0 Å². The number of hydrazone groups is 1. The van der Waals surface area contributed by atoms with Gasteiger partial charge in [0.05, 0.1) is 29.2 Å². The van der Waals surface area contributed by atoms with Gasteiger partial charge in [-0.3, -0.25) is 9.73 Å². The fraction of sp³-hybridized carbons (Fsp3) is 0.565. The van der Waals surface area contributed by atoms with Gasteiger partial charge in [0.1, 0.15) is 18.6 Å². The molecule has 3 rings (SSSR count). The summed E-state index contributed by atoms with van der Waals surface area (Å²) >= 11 is 0. The highest BCUT2D eigenvalue weighted by molar-refractivity contribution is 7.92. The van der Waals surface area contributed by atoms with Gasteiger partial charge in [0.15, 0.2) is 0 Å². The number of aromatic amines is 1. The summed E-state index contributed by atoms with van der Waals surface area (Å²) in [5, 5.41) is 14.3. The summed E-state index contributed by atoms with van der Waals surface area (Å²) in [5.41, 5.74) is 2.99. The molecule has 1 aromatic heterocycles. The zero-order chi connectivity index (χ0) is 25.4. The molecule has 0 aliphatic carbocycles. The Morgan fingerprint density at radius 2 is 1.85 bits per heavy atom. The topological polar surface area (TPSA) is 112 Å². The average Bonchev–Trinajstić information content (AvgIpc) is 3.16. The molecule has 0 unspecified atom stereocenters. The molecule has 1 aliphatic heterocycles. The van der Waals surface area contributed by atoms with E-state index in [1.165, 1.54) is 0 Å². The lowest BCUT2D eigenvalue weighted by Gasteiger charge is -2.30. The molecule has 0 spiro atoms. The molecule has 1 aromatic carbocycles. The molecule has 0 radical (unpaired) electrons. The van der Waals surface area contributed by atoms with Crippen molar-refractivity contribution in [3.8, 4) is 0 Å². The predicted octanol–water partition coefficient (Wildman–Crippen LogP) is 3.61. The summed E-state index contributed by atoms with van der Waals surface area (Å²) in [4.78, 5) is 6.67. The Kier molecular flexibility index (Phi) is 7.00. The maximum Gasteiger partial charge on any atom is 0.428 e. The number of nitrogens with one attached hydrogen (secondary N) is 2. The van der Waals surface area contributed by atoms with Crippen molar-refractivity contribution in [3.05, 3.63) is 29.8 Å². The summed E-state index contributed by atoms with van der Waals surface area (Å²) in [6.45, 7) is 14.8. The van der Waals surface area contributed by atoms with E-state index in [1.807, 2.05) is 31.1 Å². The van der Waals surface area contributed by atoms with Crippen molar-refractivity contribution in [2.24, 2.45) is 17.3 Å². The number of aromatic nitrogens is 2. The summed E-state index contributed by atoms with van der Waals surface area (Å²) < 4.78 is 28.5. The number of aryl methyl sites for hydroxylation is 1. The van der Waals surface area contributed by atoms with E-state index >= 15 is 0 Å². The highest BCUT2D eigenvalue weighted by atomic mass is 32.2. The van der Waals surface area contributed by atoms with Crippen molar-refractivity contribution < 1.29 is 13.2 Å². The number of rotatable bonds is 7. The first kappa shape index (κ1) is 25.6. The Labute approximate surface area is 202 Å². The highest BCUT2D eigenvalue weighted by Crippen LogP contribution is 2.37. The lowest BCUT2D eigenvalue weighted by atomic mass is 9.98. The minimum Gasteiger partial charge on any atom is -0.351 e. The first-order chi connectivity index (χ1) is 15.7. The minimum atomic E-state index is -3.52. The van der Waals surface area contributed by atoms with Crippen molar-refractivity contribution >= 4 is 38.6 Å². The maximum atomic E-state index is 12.1. The summed E-state index contributed by atoms with van der Waals surface area (Å²) in [7, 11) is -1.65. The summed E-state index contributed by atoms with van der Waals surface area (Å²) in [6.07, 6.45) is 1.95. The van der Waals surface area contributed by atoms with E-state index in [-0.39, 0.29) is 5.54 Å². The van der Waals surface area contributed by atoms with E-state index in [2.05, 4.69) is 71.3 Å². The van der Waals surface area contributed by atoms with Crippen molar-refractivity contribution in [2.45, 2.75) is 72.5 Å². The average molecular weight is 490 g/mol. The zero-order valence-corrected chi connectivity index (χ0v) is 22.4. The zero-order valence-electron chi connectivity index (χ0n) is 21.6. The molecule has 0 saturated carbocycles. The molecule has 0 bridgehead atoms. The number of hydrogen-bond donors (Lipinski definition) is 2. The van der Waals surface area contributed by atoms with Crippen molar-refractivity contribution in [2.75, 3.05) is 20.9 Å². The number of benzene rings is 1.